The van der Waals surface area contributed by atoms with E-state index in [4.69, 9.17) is 4.74 Å². The number of aromatic nitrogens is 2. The van der Waals surface area contributed by atoms with Crippen LogP contribution in [0.5, 0.6) is 5.75 Å². The van der Waals surface area contributed by atoms with Crippen LogP contribution < -0.4 is 4.74 Å². The summed E-state index contributed by atoms with van der Waals surface area (Å²) >= 11 is 0. The van der Waals surface area contributed by atoms with Crippen molar-refractivity contribution in [3.8, 4) is 28.1 Å². The van der Waals surface area contributed by atoms with Gasteiger partial charge in [0.05, 0.1) is 7.11 Å². The first-order valence-electron chi connectivity index (χ1n) is 7.60. The molecule has 0 saturated heterocycles. The molecule has 3 aromatic rings. The van der Waals surface area contributed by atoms with Crippen molar-refractivity contribution in [1.29, 1.82) is 0 Å². The van der Waals surface area contributed by atoms with E-state index in [0.29, 0.717) is 0 Å². The largest absolute Gasteiger partial charge is 0.497 e. The lowest BCUT2D eigenvalue weighted by Crippen LogP contribution is -1.89. The first-order chi connectivity index (χ1) is 10.8. The molecule has 3 rings (SSSR count). The maximum atomic E-state index is 5.24. The summed E-state index contributed by atoms with van der Waals surface area (Å²) in [4.78, 5) is 0. The Morgan fingerprint density at radius 1 is 0.955 bits per heavy atom. The average molecular weight is 292 g/mol. The number of nitrogens with one attached hydrogen (secondary N) is 1. The van der Waals surface area contributed by atoms with Crippen molar-refractivity contribution in [1.82, 2.24) is 10.2 Å². The van der Waals surface area contributed by atoms with Gasteiger partial charge in [0.15, 0.2) is 0 Å². The highest BCUT2D eigenvalue weighted by molar-refractivity contribution is 5.82. The van der Waals surface area contributed by atoms with Crippen LogP contribution in [-0.2, 0) is 6.42 Å². The number of ether oxygens (including phenoxy) is 1. The number of aromatic amines is 1. The lowest BCUT2D eigenvalue weighted by molar-refractivity contribution is 0.415. The first kappa shape index (κ1) is 14.4. The van der Waals surface area contributed by atoms with Gasteiger partial charge in [-0.25, -0.2) is 0 Å². The molecule has 0 aliphatic heterocycles. The molecule has 0 fully saturated rings. The molecule has 0 aliphatic rings. The van der Waals surface area contributed by atoms with Crippen molar-refractivity contribution in [2.45, 2.75) is 19.8 Å². The molecule has 0 bridgehead atoms. The first-order valence-corrected chi connectivity index (χ1v) is 7.60. The smallest absolute Gasteiger partial charge is 0.118 e. The third-order valence-electron chi connectivity index (χ3n) is 3.77. The normalized spacial score (nSPS) is 10.6. The number of nitrogens with zero attached hydrogens (tertiary/aromatic N) is 1. The highest BCUT2D eigenvalue weighted by atomic mass is 16.5. The molecule has 1 N–H and O–H groups in total. The monoisotopic (exact) mass is 292 g/mol. The summed E-state index contributed by atoms with van der Waals surface area (Å²) in [6, 6.07) is 18.5. The summed E-state index contributed by atoms with van der Waals surface area (Å²) in [6.07, 6.45) is 2.08. The van der Waals surface area contributed by atoms with Crippen LogP contribution in [-0.4, -0.2) is 17.3 Å². The second kappa shape index (κ2) is 6.48. The third-order valence-corrected chi connectivity index (χ3v) is 3.77. The average Bonchev–Trinajstić information content (AvgIpc) is 3.00. The Morgan fingerprint density at radius 2 is 1.68 bits per heavy atom. The van der Waals surface area contributed by atoms with E-state index in [9.17, 15) is 0 Å². The van der Waals surface area contributed by atoms with E-state index >= 15 is 0 Å². The van der Waals surface area contributed by atoms with Gasteiger partial charge in [0, 0.05) is 16.8 Å². The summed E-state index contributed by atoms with van der Waals surface area (Å²) < 4.78 is 5.24. The van der Waals surface area contributed by atoms with Gasteiger partial charge in [-0.15, -0.1) is 0 Å². The standard InChI is InChI=1S/C19H20N2O/c1-3-7-17-18(14-8-5-4-6-9-14)19(21-20-17)15-10-12-16(22-2)13-11-15/h4-6,8-13H,3,7H2,1-2H3,(H,20,21). The molecule has 0 atom stereocenters. The number of hydrogen-bond acceptors (Lipinski definition) is 2. The molecule has 2 aromatic carbocycles. The molecular weight excluding hydrogens is 272 g/mol. The maximum Gasteiger partial charge on any atom is 0.118 e. The predicted molar refractivity (Wildman–Crippen MR) is 90.0 cm³/mol. The molecule has 22 heavy (non-hydrogen) atoms. The summed E-state index contributed by atoms with van der Waals surface area (Å²) in [5, 5.41) is 7.79. The van der Waals surface area contributed by atoms with Gasteiger partial charge < -0.3 is 4.74 Å². The zero-order valence-corrected chi connectivity index (χ0v) is 13.0. The van der Waals surface area contributed by atoms with Crippen LogP contribution in [0.4, 0.5) is 0 Å². The molecule has 3 heteroatoms. The quantitative estimate of drug-likeness (QED) is 0.740. The summed E-state index contributed by atoms with van der Waals surface area (Å²) in [5.74, 6) is 0.856. The van der Waals surface area contributed by atoms with Gasteiger partial charge in [-0.1, -0.05) is 43.7 Å². The molecule has 3 nitrogen and oxygen atoms in total. The Balaban J connectivity index is 2.11. The number of benzene rings is 2. The minimum Gasteiger partial charge on any atom is -0.497 e. The molecule has 0 saturated carbocycles. The Morgan fingerprint density at radius 3 is 2.32 bits per heavy atom. The highest BCUT2D eigenvalue weighted by Gasteiger charge is 2.16. The number of methoxy groups -OCH3 is 1. The van der Waals surface area contributed by atoms with Crippen LogP contribution in [0.25, 0.3) is 22.4 Å². The van der Waals surface area contributed by atoms with Gasteiger partial charge in [0.2, 0.25) is 0 Å². The molecule has 0 unspecified atom stereocenters. The minimum atomic E-state index is 0.856. The van der Waals surface area contributed by atoms with Crippen LogP contribution in [0.1, 0.15) is 19.0 Å². The topological polar surface area (TPSA) is 37.9 Å². The van der Waals surface area contributed by atoms with Crippen molar-refractivity contribution < 1.29 is 4.74 Å². The van der Waals surface area contributed by atoms with Crippen LogP contribution in [0.2, 0.25) is 0 Å². The van der Waals surface area contributed by atoms with Crippen LogP contribution in [0, 0.1) is 0 Å². The number of rotatable bonds is 5. The van der Waals surface area contributed by atoms with Gasteiger partial charge in [0.25, 0.3) is 0 Å². The fraction of sp³-hybridized carbons (Fsp3) is 0.211. The van der Waals surface area contributed by atoms with E-state index in [1.54, 1.807) is 7.11 Å². The molecule has 1 aromatic heterocycles. The number of H-pyrrole nitrogens is 1. The molecular formula is C19H20N2O. The lowest BCUT2D eigenvalue weighted by atomic mass is 9.97. The van der Waals surface area contributed by atoms with Gasteiger partial charge >= 0.3 is 0 Å². The maximum absolute atomic E-state index is 5.24. The fourth-order valence-electron chi connectivity index (χ4n) is 2.68. The Bertz CT molecular complexity index is 730. The van der Waals surface area contributed by atoms with Crippen molar-refractivity contribution in [2.24, 2.45) is 0 Å². The predicted octanol–water partition coefficient (Wildman–Crippen LogP) is 4.70. The van der Waals surface area contributed by atoms with Crippen molar-refractivity contribution in [3.05, 3.63) is 60.3 Å². The van der Waals surface area contributed by atoms with Crippen molar-refractivity contribution >= 4 is 0 Å². The molecule has 0 amide bonds. The SMILES string of the molecule is CCCc1[nH]nc(-c2ccc(OC)cc2)c1-c1ccccc1. The van der Waals surface area contributed by atoms with Crippen molar-refractivity contribution in [2.75, 3.05) is 7.11 Å². The van der Waals surface area contributed by atoms with Crippen molar-refractivity contribution in [3.63, 3.8) is 0 Å². The summed E-state index contributed by atoms with van der Waals surface area (Å²) in [5.41, 5.74) is 5.69. The van der Waals surface area contributed by atoms with Crippen LogP contribution >= 0.6 is 0 Å². The third kappa shape index (κ3) is 2.75. The summed E-state index contributed by atoms with van der Waals surface area (Å²) in [7, 11) is 1.68. The second-order valence-corrected chi connectivity index (χ2v) is 5.27. The zero-order valence-electron chi connectivity index (χ0n) is 13.0. The van der Waals surface area contributed by atoms with E-state index in [0.717, 1.165) is 29.8 Å². The van der Waals surface area contributed by atoms with Gasteiger partial charge in [-0.2, -0.15) is 5.10 Å². The molecule has 1 heterocycles. The Kier molecular flexibility index (Phi) is 4.24. The van der Waals surface area contributed by atoms with Gasteiger partial charge in [-0.3, -0.25) is 5.10 Å². The van der Waals surface area contributed by atoms with Crippen LogP contribution in [0.15, 0.2) is 54.6 Å². The van der Waals surface area contributed by atoms with E-state index in [1.165, 1.54) is 16.8 Å². The minimum absolute atomic E-state index is 0.856. The molecule has 0 aliphatic carbocycles. The highest BCUT2D eigenvalue weighted by Crippen LogP contribution is 2.34. The van der Waals surface area contributed by atoms with Gasteiger partial charge in [-0.05, 0) is 36.2 Å². The van der Waals surface area contributed by atoms with Crippen LogP contribution in [0.3, 0.4) is 0 Å². The fourth-order valence-corrected chi connectivity index (χ4v) is 2.68. The second-order valence-electron chi connectivity index (χ2n) is 5.27. The van der Waals surface area contributed by atoms with E-state index < -0.39 is 0 Å². The Labute approximate surface area is 131 Å². The molecule has 0 radical (unpaired) electrons. The Hall–Kier alpha value is -2.55. The number of aryl methyl sites for hydroxylation is 1. The summed E-state index contributed by atoms with van der Waals surface area (Å²) in [6.45, 7) is 2.18. The molecule has 112 valence electrons. The van der Waals surface area contributed by atoms with E-state index in [-0.39, 0.29) is 0 Å². The zero-order chi connectivity index (χ0) is 15.4. The lowest BCUT2D eigenvalue weighted by Gasteiger charge is -2.07. The van der Waals surface area contributed by atoms with Gasteiger partial charge in [0.1, 0.15) is 11.4 Å². The molecule has 0 spiro atoms. The van der Waals surface area contributed by atoms with E-state index in [1.807, 2.05) is 18.2 Å². The number of hydrogen-bond donors (Lipinski definition) is 1. The van der Waals surface area contributed by atoms with E-state index in [2.05, 4.69) is 53.5 Å².